The van der Waals surface area contributed by atoms with Gasteiger partial charge in [0.15, 0.2) is 5.75 Å². The van der Waals surface area contributed by atoms with Crippen LogP contribution < -0.4 is 19.8 Å². The highest BCUT2D eigenvalue weighted by Gasteiger charge is 2.19. The number of aromatic nitrogens is 1. The van der Waals surface area contributed by atoms with Crippen LogP contribution in [-0.4, -0.2) is 25.4 Å². The number of methoxy groups -OCH3 is 2. The molecule has 0 N–H and O–H groups in total. The number of hydrogen-bond acceptors (Lipinski definition) is 4. The van der Waals surface area contributed by atoms with E-state index in [9.17, 15) is 4.79 Å². The van der Waals surface area contributed by atoms with Crippen molar-refractivity contribution >= 4 is 10.9 Å². The smallest absolute Gasteiger partial charge is 0.297 e. The van der Waals surface area contributed by atoms with E-state index in [2.05, 4.69) is 13.8 Å². The molecule has 0 bridgehead atoms. The summed E-state index contributed by atoms with van der Waals surface area (Å²) in [7, 11) is 3.24. The third-order valence-corrected chi connectivity index (χ3v) is 5.57. The molecule has 30 heavy (non-hydrogen) atoms. The van der Waals surface area contributed by atoms with E-state index in [4.69, 9.17) is 14.2 Å². The van der Waals surface area contributed by atoms with Crippen LogP contribution >= 0.6 is 0 Å². The fourth-order valence-corrected chi connectivity index (χ4v) is 3.81. The normalized spacial score (nSPS) is 11.1. The van der Waals surface area contributed by atoms with Gasteiger partial charge in [-0.3, -0.25) is 4.79 Å². The maximum Gasteiger partial charge on any atom is 0.297 e. The molecule has 0 atom stereocenters. The lowest BCUT2D eigenvalue weighted by atomic mass is 10.1. The molecular weight excluding hydrogens is 378 g/mol. The number of rotatable bonds is 15. The zero-order chi connectivity index (χ0) is 21.8. The lowest BCUT2D eigenvalue weighted by Gasteiger charge is -2.18. The maximum absolute atomic E-state index is 13.3. The molecule has 5 heteroatoms. The van der Waals surface area contributed by atoms with Gasteiger partial charge in [-0.2, -0.15) is 0 Å². The number of pyridine rings is 1. The summed E-state index contributed by atoms with van der Waals surface area (Å²) in [5.74, 6) is 1.58. The van der Waals surface area contributed by atoms with Crippen molar-refractivity contribution in [2.45, 2.75) is 84.6 Å². The molecule has 0 saturated heterocycles. The summed E-state index contributed by atoms with van der Waals surface area (Å²) in [4.78, 5) is 13.3. The molecule has 0 aliphatic heterocycles. The van der Waals surface area contributed by atoms with E-state index in [1.165, 1.54) is 38.5 Å². The van der Waals surface area contributed by atoms with Crippen LogP contribution in [0.4, 0.5) is 0 Å². The van der Waals surface area contributed by atoms with Gasteiger partial charge in [0.2, 0.25) is 5.75 Å². The molecule has 0 aliphatic rings. The summed E-state index contributed by atoms with van der Waals surface area (Å²) in [6.45, 7) is 5.61. The van der Waals surface area contributed by atoms with Gasteiger partial charge in [-0.25, -0.2) is 0 Å². The number of ether oxygens (including phenoxy) is 3. The minimum atomic E-state index is -0.116. The largest absolute Gasteiger partial charge is 0.497 e. The third-order valence-electron chi connectivity index (χ3n) is 5.57. The Morgan fingerprint density at radius 3 is 2.13 bits per heavy atom. The molecule has 0 radical (unpaired) electrons. The minimum Gasteiger partial charge on any atom is -0.497 e. The highest BCUT2D eigenvalue weighted by molar-refractivity contribution is 5.89. The Morgan fingerprint density at radius 1 is 0.800 bits per heavy atom. The number of unbranched alkanes of at least 4 members (excludes halogenated alkanes) is 8. The fourth-order valence-electron chi connectivity index (χ4n) is 3.81. The Morgan fingerprint density at radius 2 is 1.47 bits per heavy atom. The summed E-state index contributed by atoms with van der Waals surface area (Å²) >= 11 is 0. The lowest BCUT2D eigenvalue weighted by Crippen LogP contribution is -2.24. The topological polar surface area (TPSA) is 49.7 Å². The summed E-state index contributed by atoms with van der Waals surface area (Å²) in [6, 6.07) is 5.76. The van der Waals surface area contributed by atoms with Gasteiger partial charge in [0.25, 0.3) is 5.56 Å². The van der Waals surface area contributed by atoms with Crippen molar-refractivity contribution in [3.05, 3.63) is 28.6 Å². The number of fused-ring (bicyclic) bond motifs is 1. The van der Waals surface area contributed by atoms with Crippen molar-refractivity contribution in [1.29, 1.82) is 0 Å². The van der Waals surface area contributed by atoms with Gasteiger partial charge in [0, 0.05) is 18.0 Å². The van der Waals surface area contributed by atoms with Crippen LogP contribution in [0, 0.1) is 0 Å². The number of nitrogens with zero attached hydrogens (tertiary/aromatic N) is 1. The standard InChI is InChI=1S/C25H39NO4/c1-5-7-9-11-12-14-18-30-24-23(29-4)21-16-15-20(28-3)19-22(21)26(25(24)27)17-13-10-8-6-2/h15-16,19H,5-14,17-18H2,1-4H3. The molecule has 168 valence electrons. The first-order valence-corrected chi connectivity index (χ1v) is 11.6. The quantitative estimate of drug-likeness (QED) is 0.317. The summed E-state index contributed by atoms with van der Waals surface area (Å²) < 4.78 is 18.9. The first-order chi connectivity index (χ1) is 14.7. The fraction of sp³-hybridized carbons (Fsp3) is 0.640. The van der Waals surface area contributed by atoms with Crippen LogP contribution in [0.15, 0.2) is 23.0 Å². The summed E-state index contributed by atoms with van der Waals surface area (Å²) in [5.41, 5.74) is 0.717. The molecule has 2 aromatic rings. The summed E-state index contributed by atoms with van der Waals surface area (Å²) in [5, 5.41) is 0.881. The lowest BCUT2D eigenvalue weighted by molar-refractivity contribution is 0.279. The van der Waals surface area contributed by atoms with Gasteiger partial charge in [-0.05, 0) is 25.0 Å². The molecule has 1 aromatic heterocycles. The van der Waals surface area contributed by atoms with E-state index in [1.807, 2.05) is 22.8 Å². The van der Waals surface area contributed by atoms with Crippen molar-refractivity contribution in [2.24, 2.45) is 0 Å². The zero-order valence-corrected chi connectivity index (χ0v) is 19.3. The first kappa shape index (κ1) is 24.1. The number of hydrogen-bond donors (Lipinski definition) is 0. The van der Waals surface area contributed by atoms with E-state index >= 15 is 0 Å². The molecule has 1 heterocycles. The van der Waals surface area contributed by atoms with Gasteiger partial charge in [0.1, 0.15) is 5.75 Å². The SMILES string of the molecule is CCCCCCCCOc1c(OC)c2ccc(OC)cc2n(CCCCCC)c1=O. The van der Waals surface area contributed by atoms with Crippen LogP contribution in [-0.2, 0) is 6.54 Å². The van der Waals surface area contributed by atoms with E-state index in [-0.39, 0.29) is 5.56 Å². The van der Waals surface area contributed by atoms with Crippen molar-refractivity contribution in [3.8, 4) is 17.2 Å². The third kappa shape index (κ3) is 6.41. The Kier molecular flexibility index (Phi) is 10.6. The number of benzene rings is 1. The van der Waals surface area contributed by atoms with Crippen LogP contribution in [0.1, 0.15) is 78.1 Å². The van der Waals surface area contributed by atoms with Gasteiger partial charge >= 0.3 is 0 Å². The van der Waals surface area contributed by atoms with E-state index in [0.717, 1.165) is 42.3 Å². The monoisotopic (exact) mass is 417 g/mol. The van der Waals surface area contributed by atoms with Crippen molar-refractivity contribution in [2.75, 3.05) is 20.8 Å². The van der Waals surface area contributed by atoms with Crippen LogP contribution in [0.3, 0.4) is 0 Å². The van der Waals surface area contributed by atoms with Crippen LogP contribution in [0.2, 0.25) is 0 Å². The van der Waals surface area contributed by atoms with E-state index < -0.39 is 0 Å². The molecule has 0 amide bonds. The number of aryl methyl sites for hydroxylation is 1. The van der Waals surface area contributed by atoms with Gasteiger partial charge in [-0.15, -0.1) is 0 Å². The van der Waals surface area contributed by atoms with Crippen LogP contribution in [0.25, 0.3) is 10.9 Å². The molecule has 1 aromatic carbocycles. The highest BCUT2D eigenvalue weighted by atomic mass is 16.5. The molecule has 0 saturated carbocycles. The van der Waals surface area contributed by atoms with Crippen molar-refractivity contribution in [1.82, 2.24) is 4.57 Å². The molecule has 0 unspecified atom stereocenters. The zero-order valence-electron chi connectivity index (χ0n) is 19.3. The Hall–Kier alpha value is -2.17. The highest BCUT2D eigenvalue weighted by Crippen LogP contribution is 2.34. The van der Waals surface area contributed by atoms with Gasteiger partial charge in [0.05, 0.1) is 26.3 Å². The molecular formula is C25H39NO4. The molecule has 0 spiro atoms. The Balaban J connectivity index is 2.28. The minimum absolute atomic E-state index is 0.116. The molecule has 5 nitrogen and oxygen atoms in total. The first-order valence-electron chi connectivity index (χ1n) is 11.6. The maximum atomic E-state index is 13.3. The average molecular weight is 418 g/mol. The average Bonchev–Trinajstić information content (AvgIpc) is 2.77. The predicted molar refractivity (Wildman–Crippen MR) is 124 cm³/mol. The predicted octanol–water partition coefficient (Wildman–Crippen LogP) is 6.34. The van der Waals surface area contributed by atoms with Crippen molar-refractivity contribution in [3.63, 3.8) is 0 Å². The Bertz CT molecular complexity index is 828. The molecule has 0 aliphatic carbocycles. The second-order valence-corrected chi connectivity index (χ2v) is 7.88. The van der Waals surface area contributed by atoms with Gasteiger partial charge in [-0.1, -0.05) is 65.2 Å². The second-order valence-electron chi connectivity index (χ2n) is 7.88. The van der Waals surface area contributed by atoms with Crippen molar-refractivity contribution < 1.29 is 14.2 Å². The van der Waals surface area contributed by atoms with Crippen LogP contribution in [0.5, 0.6) is 17.2 Å². The Labute approximate surface area is 181 Å². The van der Waals surface area contributed by atoms with E-state index in [0.29, 0.717) is 24.7 Å². The molecule has 2 rings (SSSR count). The van der Waals surface area contributed by atoms with Gasteiger partial charge < -0.3 is 18.8 Å². The summed E-state index contributed by atoms with van der Waals surface area (Å²) in [6.07, 6.45) is 11.5. The molecule has 0 fully saturated rings. The second kappa shape index (κ2) is 13.2. The van der Waals surface area contributed by atoms with E-state index in [1.54, 1.807) is 14.2 Å².